The van der Waals surface area contributed by atoms with E-state index >= 15 is 0 Å². The normalized spacial score (nSPS) is 20.6. The first-order valence-electron chi connectivity index (χ1n) is 10.1. The van der Waals surface area contributed by atoms with E-state index in [4.69, 9.17) is 4.74 Å². The van der Waals surface area contributed by atoms with Gasteiger partial charge in [0.25, 0.3) is 5.56 Å². The van der Waals surface area contributed by atoms with Crippen LogP contribution in [0, 0.1) is 6.92 Å². The topological polar surface area (TPSA) is 59.7 Å². The molecule has 7 nitrogen and oxygen atoms in total. The van der Waals surface area contributed by atoms with Crippen molar-refractivity contribution in [2.45, 2.75) is 18.7 Å². The summed E-state index contributed by atoms with van der Waals surface area (Å²) in [5.74, 6) is 0.553. The van der Waals surface area contributed by atoms with Crippen LogP contribution in [0.25, 0.3) is 5.69 Å². The lowest BCUT2D eigenvalue weighted by atomic mass is 10.2. The van der Waals surface area contributed by atoms with Gasteiger partial charge in [-0.25, -0.2) is 4.68 Å². The Morgan fingerprint density at radius 1 is 1.10 bits per heavy atom. The van der Waals surface area contributed by atoms with Crippen LogP contribution in [0.2, 0.25) is 0 Å². The number of carbonyl (C=O) groups is 1. The Morgan fingerprint density at radius 2 is 1.83 bits per heavy atom. The predicted octanol–water partition coefficient (Wildman–Crippen LogP) is 1.78. The van der Waals surface area contributed by atoms with Gasteiger partial charge in [0.05, 0.1) is 30.2 Å². The third-order valence-corrected chi connectivity index (χ3v) is 7.01. The summed E-state index contributed by atoms with van der Waals surface area (Å²) in [4.78, 5) is 30.2. The van der Waals surface area contributed by atoms with E-state index in [-0.39, 0.29) is 16.8 Å². The van der Waals surface area contributed by atoms with Gasteiger partial charge in [-0.05, 0) is 25.5 Å². The minimum absolute atomic E-state index is 0.0402. The minimum atomic E-state index is -0.212. The van der Waals surface area contributed by atoms with Crippen molar-refractivity contribution in [3.05, 3.63) is 51.9 Å². The monoisotopic (exact) mass is 416 g/mol. The number of aromatic nitrogens is 2. The molecule has 2 aliphatic rings. The molecule has 1 aromatic carbocycles. The first-order valence-corrected chi connectivity index (χ1v) is 11.2. The average molecular weight is 417 g/mol. The molecule has 0 saturated carbocycles. The average Bonchev–Trinajstić information content (AvgIpc) is 3.20. The van der Waals surface area contributed by atoms with E-state index < -0.39 is 0 Å². The number of nitrogens with zero attached hydrogens (tertiary/aromatic N) is 4. The quantitative estimate of drug-likeness (QED) is 0.719. The van der Waals surface area contributed by atoms with Crippen molar-refractivity contribution in [3.8, 4) is 5.69 Å². The van der Waals surface area contributed by atoms with Gasteiger partial charge >= 0.3 is 0 Å². The van der Waals surface area contributed by atoms with Crippen LogP contribution in [0.5, 0.6) is 0 Å². The molecule has 29 heavy (non-hydrogen) atoms. The van der Waals surface area contributed by atoms with Crippen molar-refractivity contribution in [2.24, 2.45) is 7.05 Å². The summed E-state index contributed by atoms with van der Waals surface area (Å²) in [5.41, 5.74) is 2.42. The van der Waals surface area contributed by atoms with Gasteiger partial charge in [-0.15, -0.1) is 11.8 Å². The van der Waals surface area contributed by atoms with Crippen molar-refractivity contribution in [1.29, 1.82) is 0 Å². The fourth-order valence-electron chi connectivity index (χ4n) is 4.10. The van der Waals surface area contributed by atoms with Gasteiger partial charge < -0.3 is 9.64 Å². The zero-order chi connectivity index (χ0) is 20.4. The fourth-order valence-corrected chi connectivity index (χ4v) is 5.41. The van der Waals surface area contributed by atoms with Gasteiger partial charge in [0.1, 0.15) is 5.37 Å². The Balaban J connectivity index is 1.55. The molecular formula is C21H28N4O3S. The highest BCUT2D eigenvalue weighted by atomic mass is 32.2. The summed E-state index contributed by atoms with van der Waals surface area (Å²) in [6.07, 6.45) is 0.904. The summed E-state index contributed by atoms with van der Waals surface area (Å²) in [6, 6.07) is 9.65. The molecule has 0 aliphatic carbocycles. The predicted molar refractivity (Wildman–Crippen MR) is 115 cm³/mol. The highest BCUT2D eigenvalue weighted by molar-refractivity contribution is 8.00. The number of amides is 1. The van der Waals surface area contributed by atoms with Crippen LogP contribution >= 0.6 is 11.8 Å². The van der Waals surface area contributed by atoms with E-state index in [0.29, 0.717) is 12.3 Å². The molecule has 2 aliphatic heterocycles. The van der Waals surface area contributed by atoms with E-state index in [1.807, 2.05) is 53.9 Å². The Hall–Kier alpha value is -2.03. The molecule has 2 saturated heterocycles. The highest BCUT2D eigenvalue weighted by Crippen LogP contribution is 2.38. The molecule has 8 heteroatoms. The summed E-state index contributed by atoms with van der Waals surface area (Å²) in [7, 11) is 1.90. The lowest BCUT2D eigenvalue weighted by molar-refractivity contribution is -0.128. The molecule has 1 aromatic heterocycles. The smallest absolute Gasteiger partial charge is 0.277 e. The summed E-state index contributed by atoms with van der Waals surface area (Å²) in [5, 5.41) is -0.212. The fraction of sp³-hybridized carbons (Fsp3) is 0.524. The molecule has 4 rings (SSSR count). The highest BCUT2D eigenvalue weighted by Gasteiger charge is 2.37. The Labute approximate surface area is 175 Å². The summed E-state index contributed by atoms with van der Waals surface area (Å²) >= 11 is 1.56. The maximum absolute atomic E-state index is 13.3. The van der Waals surface area contributed by atoms with Crippen molar-refractivity contribution in [1.82, 2.24) is 19.2 Å². The first-order chi connectivity index (χ1) is 14.1. The van der Waals surface area contributed by atoms with Gasteiger partial charge in [0, 0.05) is 38.9 Å². The van der Waals surface area contributed by atoms with Crippen LogP contribution in [0.4, 0.5) is 0 Å². The van der Waals surface area contributed by atoms with Gasteiger partial charge in [-0.1, -0.05) is 18.2 Å². The van der Waals surface area contributed by atoms with Crippen LogP contribution in [-0.2, 0) is 16.6 Å². The van der Waals surface area contributed by atoms with Crippen molar-refractivity contribution < 1.29 is 9.53 Å². The number of ether oxygens (including phenoxy) is 1. The lowest BCUT2D eigenvalue weighted by Gasteiger charge is -2.28. The van der Waals surface area contributed by atoms with E-state index in [1.54, 1.807) is 16.4 Å². The summed E-state index contributed by atoms with van der Waals surface area (Å²) < 4.78 is 8.98. The molecule has 1 unspecified atom stereocenters. The molecular weight excluding hydrogens is 388 g/mol. The lowest BCUT2D eigenvalue weighted by Crippen LogP contribution is -2.39. The van der Waals surface area contributed by atoms with E-state index in [0.717, 1.165) is 56.2 Å². The zero-order valence-corrected chi connectivity index (χ0v) is 17.9. The second-order valence-corrected chi connectivity index (χ2v) is 8.60. The molecule has 2 fully saturated rings. The number of hydrogen-bond donors (Lipinski definition) is 0. The second-order valence-electron chi connectivity index (χ2n) is 7.53. The van der Waals surface area contributed by atoms with Crippen LogP contribution in [-0.4, -0.2) is 70.2 Å². The molecule has 2 aromatic rings. The number of rotatable bonds is 6. The van der Waals surface area contributed by atoms with E-state index in [9.17, 15) is 9.59 Å². The third-order valence-electron chi connectivity index (χ3n) is 5.79. The number of morpholine rings is 1. The molecule has 0 bridgehead atoms. The number of hydrogen-bond acceptors (Lipinski definition) is 5. The number of para-hydroxylation sites is 1. The zero-order valence-electron chi connectivity index (χ0n) is 17.0. The standard InChI is InChI=1S/C21H28N4O3S/c1-16-19(20(27)25(22(16)2)17-7-4-3-5-8-17)21-24(18(26)15-29-21)10-6-9-23-11-13-28-14-12-23/h3-5,7-8,21H,6,9-15H2,1-2H3. The SMILES string of the molecule is Cc1c(C2SCC(=O)N2CCCN2CCOCC2)c(=O)n(-c2ccccc2)n1C. The van der Waals surface area contributed by atoms with Crippen LogP contribution in [0.1, 0.15) is 23.1 Å². The molecule has 3 heterocycles. The number of benzene rings is 1. The van der Waals surface area contributed by atoms with Gasteiger partial charge in [-0.3, -0.25) is 19.2 Å². The van der Waals surface area contributed by atoms with Crippen molar-refractivity contribution in [3.63, 3.8) is 0 Å². The molecule has 1 atom stereocenters. The molecule has 0 N–H and O–H groups in total. The Morgan fingerprint density at radius 3 is 2.55 bits per heavy atom. The Bertz CT molecular complexity index is 918. The minimum Gasteiger partial charge on any atom is -0.379 e. The van der Waals surface area contributed by atoms with Gasteiger partial charge in [-0.2, -0.15) is 0 Å². The second kappa shape index (κ2) is 8.77. The van der Waals surface area contributed by atoms with Crippen LogP contribution in [0.3, 0.4) is 0 Å². The maximum atomic E-state index is 13.3. The van der Waals surface area contributed by atoms with Gasteiger partial charge in [0.15, 0.2) is 0 Å². The number of carbonyl (C=O) groups excluding carboxylic acids is 1. The summed E-state index contributed by atoms with van der Waals surface area (Å²) in [6.45, 7) is 7.05. The molecule has 1 amide bonds. The largest absolute Gasteiger partial charge is 0.379 e. The van der Waals surface area contributed by atoms with Crippen LogP contribution in [0.15, 0.2) is 35.1 Å². The maximum Gasteiger partial charge on any atom is 0.277 e. The molecule has 0 radical (unpaired) electrons. The van der Waals surface area contributed by atoms with Crippen molar-refractivity contribution >= 4 is 17.7 Å². The molecule has 0 spiro atoms. The van der Waals surface area contributed by atoms with E-state index in [2.05, 4.69) is 4.90 Å². The first kappa shape index (κ1) is 20.3. The van der Waals surface area contributed by atoms with Crippen molar-refractivity contribution in [2.75, 3.05) is 45.1 Å². The molecule has 156 valence electrons. The Kier molecular flexibility index (Phi) is 6.12. The third kappa shape index (κ3) is 4.01. The van der Waals surface area contributed by atoms with E-state index in [1.165, 1.54) is 0 Å². The van der Waals surface area contributed by atoms with Crippen LogP contribution < -0.4 is 5.56 Å². The van der Waals surface area contributed by atoms with Gasteiger partial charge in [0.2, 0.25) is 5.91 Å². The number of thioether (sulfide) groups is 1.